The molecule has 0 atom stereocenters. The molecule has 0 aliphatic carbocycles. The fraction of sp³-hybridized carbons (Fsp3) is 0.250. The number of nitrogens with one attached hydrogen (secondary N) is 1. The summed E-state index contributed by atoms with van der Waals surface area (Å²) < 4.78 is 17.0. The number of methoxy groups -OCH3 is 2. The normalized spacial score (nSPS) is 10.5. The number of rotatable bonds is 8. The van der Waals surface area contributed by atoms with E-state index < -0.39 is 0 Å². The average Bonchev–Trinajstić information content (AvgIpc) is 3.16. The Morgan fingerprint density at radius 1 is 1.07 bits per heavy atom. The van der Waals surface area contributed by atoms with Crippen LogP contribution in [-0.4, -0.2) is 36.9 Å². The number of hydrogen-bond donors (Lipinski definition) is 1. The lowest BCUT2D eigenvalue weighted by atomic mass is 10.1. The van der Waals surface area contributed by atoms with Gasteiger partial charge < -0.3 is 19.2 Å². The molecule has 1 amide bonds. The van der Waals surface area contributed by atoms with Crippen molar-refractivity contribution in [1.29, 1.82) is 0 Å². The van der Waals surface area contributed by atoms with Crippen molar-refractivity contribution in [2.45, 2.75) is 12.8 Å². The second-order valence-corrected chi connectivity index (χ2v) is 6.89. The maximum absolute atomic E-state index is 12.1. The molecule has 2 aromatic carbocycles. The molecule has 0 saturated carbocycles. The highest BCUT2D eigenvalue weighted by atomic mass is 79.9. The van der Waals surface area contributed by atoms with Crippen LogP contribution >= 0.6 is 15.9 Å². The Labute approximate surface area is 171 Å². The van der Waals surface area contributed by atoms with E-state index in [9.17, 15) is 4.79 Å². The van der Waals surface area contributed by atoms with Crippen LogP contribution in [-0.2, 0) is 17.6 Å². The molecule has 0 spiro atoms. The molecule has 0 radical (unpaired) electrons. The van der Waals surface area contributed by atoms with Crippen molar-refractivity contribution in [2.75, 3.05) is 20.8 Å². The Morgan fingerprint density at radius 2 is 1.82 bits per heavy atom. The van der Waals surface area contributed by atoms with Gasteiger partial charge in [-0.1, -0.05) is 22.0 Å². The predicted molar refractivity (Wildman–Crippen MR) is 107 cm³/mol. The number of carbonyl (C=O) groups excluding carboxylic acids is 1. The number of hydrogen-bond acceptors (Lipinski definition) is 6. The zero-order valence-corrected chi connectivity index (χ0v) is 17.2. The fourth-order valence-corrected chi connectivity index (χ4v) is 2.88. The molecule has 0 aliphatic rings. The topological polar surface area (TPSA) is 86.5 Å². The third kappa shape index (κ3) is 5.10. The summed E-state index contributed by atoms with van der Waals surface area (Å²) in [5.41, 5.74) is 1.84. The van der Waals surface area contributed by atoms with Crippen LogP contribution in [0.4, 0.5) is 0 Å². The first-order valence-corrected chi connectivity index (χ1v) is 9.44. The maximum Gasteiger partial charge on any atom is 0.247 e. The first kappa shape index (κ1) is 19.9. The van der Waals surface area contributed by atoms with E-state index in [1.54, 1.807) is 14.2 Å². The first-order valence-electron chi connectivity index (χ1n) is 8.65. The molecule has 0 fully saturated rings. The number of amides is 1. The van der Waals surface area contributed by atoms with E-state index in [-0.39, 0.29) is 18.2 Å². The quantitative estimate of drug-likeness (QED) is 0.571. The highest BCUT2D eigenvalue weighted by Gasteiger charge is 2.12. The molecule has 3 aromatic rings. The highest BCUT2D eigenvalue weighted by Crippen LogP contribution is 2.27. The SMILES string of the molecule is COc1ccc(CCNC(=O)Cc2nnc(-c3ccc(Br)cc3)o2)cc1OC. The minimum Gasteiger partial charge on any atom is -0.493 e. The molecule has 0 saturated heterocycles. The first-order chi connectivity index (χ1) is 13.6. The average molecular weight is 446 g/mol. The fourth-order valence-electron chi connectivity index (χ4n) is 2.62. The monoisotopic (exact) mass is 445 g/mol. The van der Waals surface area contributed by atoms with E-state index in [2.05, 4.69) is 31.4 Å². The summed E-state index contributed by atoms with van der Waals surface area (Å²) >= 11 is 3.38. The lowest BCUT2D eigenvalue weighted by Gasteiger charge is -2.10. The summed E-state index contributed by atoms with van der Waals surface area (Å²) in [5, 5.41) is 10.8. The molecule has 3 rings (SSSR count). The van der Waals surface area contributed by atoms with Gasteiger partial charge in [0.2, 0.25) is 17.7 Å². The summed E-state index contributed by atoms with van der Waals surface area (Å²) in [6, 6.07) is 13.2. The highest BCUT2D eigenvalue weighted by molar-refractivity contribution is 9.10. The lowest BCUT2D eigenvalue weighted by molar-refractivity contribution is -0.120. The van der Waals surface area contributed by atoms with Crippen molar-refractivity contribution in [3.8, 4) is 23.0 Å². The Morgan fingerprint density at radius 3 is 2.54 bits per heavy atom. The van der Waals surface area contributed by atoms with Gasteiger partial charge in [-0.05, 0) is 48.4 Å². The van der Waals surface area contributed by atoms with Gasteiger partial charge in [0.25, 0.3) is 0 Å². The molecule has 146 valence electrons. The minimum atomic E-state index is -0.175. The largest absolute Gasteiger partial charge is 0.493 e. The zero-order valence-electron chi connectivity index (χ0n) is 15.6. The van der Waals surface area contributed by atoms with Crippen LogP contribution in [0.15, 0.2) is 51.4 Å². The summed E-state index contributed by atoms with van der Waals surface area (Å²) in [6.45, 7) is 0.488. The summed E-state index contributed by atoms with van der Waals surface area (Å²) in [5.74, 6) is 1.83. The Bertz CT molecular complexity index is 941. The van der Waals surface area contributed by atoms with Gasteiger partial charge in [0.15, 0.2) is 11.5 Å². The van der Waals surface area contributed by atoms with Gasteiger partial charge in [-0.25, -0.2) is 0 Å². The van der Waals surface area contributed by atoms with Crippen LogP contribution in [0.25, 0.3) is 11.5 Å². The van der Waals surface area contributed by atoms with Crippen molar-refractivity contribution in [1.82, 2.24) is 15.5 Å². The molecule has 28 heavy (non-hydrogen) atoms. The summed E-state index contributed by atoms with van der Waals surface area (Å²) in [4.78, 5) is 12.1. The van der Waals surface area contributed by atoms with E-state index in [0.29, 0.717) is 30.4 Å². The Hall–Kier alpha value is -2.87. The van der Waals surface area contributed by atoms with E-state index >= 15 is 0 Å². The van der Waals surface area contributed by atoms with Crippen LogP contribution in [0.1, 0.15) is 11.5 Å². The number of nitrogens with zero attached hydrogens (tertiary/aromatic N) is 2. The van der Waals surface area contributed by atoms with Gasteiger partial charge >= 0.3 is 0 Å². The molecule has 1 N–H and O–H groups in total. The molecule has 1 aromatic heterocycles. The Kier molecular flexibility index (Phi) is 6.65. The smallest absolute Gasteiger partial charge is 0.247 e. The van der Waals surface area contributed by atoms with Crippen molar-refractivity contribution in [3.63, 3.8) is 0 Å². The van der Waals surface area contributed by atoms with Crippen molar-refractivity contribution in [3.05, 3.63) is 58.4 Å². The summed E-state index contributed by atoms with van der Waals surface area (Å²) in [7, 11) is 3.19. The minimum absolute atomic E-state index is 0.0372. The van der Waals surface area contributed by atoms with Crippen LogP contribution in [0, 0.1) is 0 Å². The number of benzene rings is 2. The molecule has 7 nitrogen and oxygen atoms in total. The Balaban J connectivity index is 1.50. The van der Waals surface area contributed by atoms with Crippen LogP contribution < -0.4 is 14.8 Å². The molecule has 0 unspecified atom stereocenters. The van der Waals surface area contributed by atoms with Gasteiger partial charge in [-0.2, -0.15) is 0 Å². The van der Waals surface area contributed by atoms with Gasteiger partial charge in [0.05, 0.1) is 14.2 Å². The van der Waals surface area contributed by atoms with Gasteiger partial charge in [-0.3, -0.25) is 4.79 Å². The van der Waals surface area contributed by atoms with E-state index in [0.717, 1.165) is 15.6 Å². The van der Waals surface area contributed by atoms with Crippen LogP contribution in [0.2, 0.25) is 0 Å². The summed E-state index contributed by atoms with van der Waals surface area (Å²) in [6.07, 6.45) is 0.704. The van der Waals surface area contributed by atoms with Gasteiger partial charge in [0.1, 0.15) is 6.42 Å². The van der Waals surface area contributed by atoms with Crippen LogP contribution in [0.5, 0.6) is 11.5 Å². The van der Waals surface area contributed by atoms with Crippen molar-refractivity contribution < 1.29 is 18.7 Å². The van der Waals surface area contributed by atoms with E-state index in [1.165, 1.54) is 0 Å². The molecular formula is C20H20BrN3O4. The predicted octanol–water partition coefficient (Wildman–Crippen LogP) is 3.42. The molecule has 1 heterocycles. The van der Waals surface area contributed by atoms with Gasteiger partial charge in [0, 0.05) is 16.6 Å². The van der Waals surface area contributed by atoms with Crippen molar-refractivity contribution >= 4 is 21.8 Å². The lowest BCUT2D eigenvalue weighted by Crippen LogP contribution is -2.27. The molecule has 0 bridgehead atoms. The second-order valence-electron chi connectivity index (χ2n) is 5.97. The van der Waals surface area contributed by atoms with E-state index in [1.807, 2.05) is 42.5 Å². The maximum atomic E-state index is 12.1. The number of halogens is 1. The second kappa shape index (κ2) is 9.36. The number of aromatic nitrogens is 2. The van der Waals surface area contributed by atoms with Crippen LogP contribution in [0.3, 0.4) is 0 Å². The van der Waals surface area contributed by atoms with Gasteiger partial charge in [-0.15, -0.1) is 10.2 Å². The van der Waals surface area contributed by atoms with Crippen molar-refractivity contribution in [2.24, 2.45) is 0 Å². The third-order valence-electron chi connectivity index (χ3n) is 4.05. The zero-order chi connectivity index (χ0) is 19.9. The number of ether oxygens (including phenoxy) is 2. The van der Waals surface area contributed by atoms with E-state index in [4.69, 9.17) is 13.9 Å². The molecule has 0 aliphatic heterocycles. The molecular weight excluding hydrogens is 426 g/mol. The third-order valence-corrected chi connectivity index (χ3v) is 4.58. The number of carbonyl (C=O) groups is 1. The standard InChI is InChI=1S/C20H20BrN3O4/c1-26-16-8-3-13(11-17(16)27-2)9-10-22-18(25)12-19-23-24-20(28-19)14-4-6-15(21)7-5-14/h3-8,11H,9-10,12H2,1-2H3,(H,22,25). The molecule has 8 heteroatoms.